The van der Waals surface area contributed by atoms with Crippen molar-refractivity contribution in [1.82, 2.24) is 8.97 Å². The molecule has 4 heteroatoms. The lowest BCUT2D eigenvalue weighted by Gasteiger charge is -2.17. The van der Waals surface area contributed by atoms with Crippen LogP contribution in [0.15, 0.2) is 157 Å². The van der Waals surface area contributed by atoms with Gasteiger partial charge in [-0.2, -0.15) is 0 Å². The van der Waals surface area contributed by atoms with E-state index in [9.17, 15) is 0 Å². The lowest BCUT2D eigenvalue weighted by Crippen LogP contribution is -2.05. The normalized spacial score (nSPS) is 14.0. The van der Waals surface area contributed by atoms with Gasteiger partial charge in [0.15, 0.2) is 0 Å². The lowest BCUT2D eigenvalue weighted by atomic mass is 10.0. The van der Waals surface area contributed by atoms with E-state index in [2.05, 4.69) is 161 Å². The maximum Gasteiger partial charge on any atom is 0.0913 e. The second kappa shape index (κ2) is 10.2. The molecule has 0 saturated carbocycles. The highest BCUT2D eigenvalue weighted by Crippen LogP contribution is 2.50. The fourth-order valence-corrected chi connectivity index (χ4v) is 10.1. The highest BCUT2D eigenvalue weighted by Gasteiger charge is 2.27. The van der Waals surface area contributed by atoms with Crippen molar-refractivity contribution in [2.45, 2.75) is 12.8 Å². The van der Waals surface area contributed by atoms with Crippen molar-refractivity contribution >= 4 is 109 Å². The van der Waals surface area contributed by atoms with Gasteiger partial charge < -0.3 is 8.97 Å². The first-order valence-corrected chi connectivity index (χ1v) is 18.5. The number of benzene rings is 7. The topological polar surface area (TPSA) is 21.7 Å². The molecule has 4 aromatic heterocycles. The summed E-state index contributed by atoms with van der Waals surface area (Å²) in [5.74, 6) is 0. The molecule has 0 aliphatic carbocycles. The number of aliphatic imine (C=N–C) groups is 1. The number of fused-ring (bicyclic) bond motifs is 14. The molecule has 1 aliphatic rings. The molecule has 0 bridgehead atoms. The summed E-state index contributed by atoms with van der Waals surface area (Å²) in [4.78, 5) is 6.76. The fourth-order valence-electron chi connectivity index (χ4n) is 8.92. The van der Waals surface area contributed by atoms with Gasteiger partial charge in [0.25, 0.3) is 0 Å². The number of aromatic nitrogens is 2. The Morgan fingerprint density at radius 1 is 0.529 bits per heavy atom. The Bertz CT molecular complexity index is 3300. The first-order valence-electron chi connectivity index (χ1n) is 17.7. The Balaban J connectivity index is 1.26. The van der Waals surface area contributed by atoms with Gasteiger partial charge in [-0.05, 0) is 65.6 Å². The molecule has 3 nitrogen and oxygen atoms in total. The largest absolute Gasteiger partial charge is 0.308 e. The molecular weight excluding hydrogens is 639 g/mol. The second-order valence-electron chi connectivity index (χ2n) is 13.8. The third kappa shape index (κ3) is 3.69. The molecule has 0 spiro atoms. The molecule has 5 heterocycles. The molecular formula is C47H29N3S. The maximum atomic E-state index is 5.54. The fraction of sp³-hybridized carbons (Fsp3) is 0.0426. The van der Waals surface area contributed by atoms with E-state index >= 15 is 0 Å². The van der Waals surface area contributed by atoms with E-state index in [0.717, 1.165) is 24.2 Å². The quantitative estimate of drug-likeness (QED) is 0.175. The van der Waals surface area contributed by atoms with Crippen molar-refractivity contribution in [3.63, 3.8) is 0 Å². The van der Waals surface area contributed by atoms with E-state index < -0.39 is 0 Å². The van der Waals surface area contributed by atoms with Crippen molar-refractivity contribution in [2.75, 3.05) is 0 Å². The van der Waals surface area contributed by atoms with Gasteiger partial charge in [0.05, 0.1) is 43.8 Å². The van der Waals surface area contributed by atoms with E-state index in [1.165, 1.54) is 96.9 Å². The van der Waals surface area contributed by atoms with Crippen LogP contribution in [0.3, 0.4) is 0 Å². The lowest BCUT2D eigenvalue weighted by molar-refractivity contribution is 1.07. The number of thiophene rings is 1. The van der Waals surface area contributed by atoms with E-state index in [1.807, 2.05) is 11.3 Å². The van der Waals surface area contributed by atoms with Crippen LogP contribution in [0.1, 0.15) is 23.3 Å². The summed E-state index contributed by atoms with van der Waals surface area (Å²) in [6, 6.07) is 53.5. The summed E-state index contributed by atoms with van der Waals surface area (Å²) >= 11 is 1.86. The van der Waals surface area contributed by atoms with Gasteiger partial charge in [-0.25, -0.2) is 0 Å². The van der Waals surface area contributed by atoms with Crippen molar-refractivity contribution in [2.24, 2.45) is 4.99 Å². The average Bonchev–Trinajstić information content (AvgIpc) is 3.90. The summed E-state index contributed by atoms with van der Waals surface area (Å²) < 4.78 is 6.37. The highest BCUT2D eigenvalue weighted by atomic mass is 32.1. The Hall–Kier alpha value is -6.23. The molecule has 0 radical (unpaired) electrons. The minimum Gasteiger partial charge on any atom is -0.308 e. The van der Waals surface area contributed by atoms with Crippen molar-refractivity contribution in [1.29, 1.82) is 0 Å². The number of nitrogens with zero attached hydrogens (tertiary/aromatic N) is 3. The Morgan fingerprint density at radius 2 is 1.22 bits per heavy atom. The second-order valence-corrected chi connectivity index (χ2v) is 14.8. The predicted octanol–water partition coefficient (Wildman–Crippen LogP) is 13.1. The summed E-state index contributed by atoms with van der Waals surface area (Å²) in [5, 5.41) is 11.5. The molecule has 0 unspecified atom stereocenters. The summed E-state index contributed by atoms with van der Waals surface area (Å²) in [5.41, 5.74) is 10.9. The molecule has 51 heavy (non-hydrogen) atoms. The first kappa shape index (κ1) is 27.6. The number of hydrogen-bond acceptors (Lipinski definition) is 2. The molecule has 0 N–H and O–H groups in total. The Morgan fingerprint density at radius 3 is 2.08 bits per heavy atom. The molecule has 238 valence electrons. The van der Waals surface area contributed by atoms with Gasteiger partial charge in [0.2, 0.25) is 0 Å². The number of para-hydroxylation sites is 2. The molecule has 7 aromatic carbocycles. The van der Waals surface area contributed by atoms with Crippen LogP contribution in [0, 0.1) is 0 Å². The zero-order valence-corrected chi connectivity index (χ0v) is 28.4. The Labute approximate surface area is 296 Å². The SMILES string of the molecule is C1=C(n2c3ccccc3c3cc4c5cc6ccccc6cc5n5c6ccccc6c(c32)c45)c2sc3ccccc3c2N=C(c2ccccc2)CC1. The molecule has 0 saturated heterocycles. The standard InChI is InChI=1S/C47H29N3S/c1-2-13-28(14-3-1)37-20-12-23-40(47-44(48-37)33-19-8-11-24-42(33)51-47)49-38-21-9-6-17-31(38)35-27-36-34-25-29-15-4-5-16-30(29)26-41(34)50-39-22-10-7-18-32(39)43(45(35)49)46(36)50/h1-11,13-19,21-27H,12,20H2. The minimum absolute atomic E-state index is 0.871. The van der Waals surface area contributed by atoms with Crippen LogP contribution >= 0.6 is 11.3 Å². The number of rotatable bonds is 2. The minimum atomic E-state index is 0.871. The predicted molar refractivity (Wildman–Crippen MR) is 219 cm³/mol. The molecule has 12 rings (SSSR count). The van der Waals surface area contributed by atoms with Crippen LogP contribution in [-0.4, -0.2) is 14.7 Å². The molecule has 0 amide bonds. The smallest absolute Gasteiger partial charge is 0.0913 e. The summed E-state index contributed by atoms with van der Waals surface area (Å²) in [7, 11) is 0. The molecule has 0 fully saturated rings. The molecule has 0 atom stereocenters. The third-order valence-corrected chi connectivity index (χ3v) is 12.3. The summed E-state index contributed by atoms with van der Waals surface area (Å²) in [6.45, 7) is 0. The van der Waals surface area contributed by atoms with Crippen LogP contribution in [0.5, 0.6) is 0 Å². The average molecular weight is 668 g/mol. The van der Waals surface area contributed by atoms with Crippen LogP contribution in [0.25, 0.3) is 86.5 Å². The first-order chi connectivity index (χ1) is 25.3. The van der Waals surface area contributed by atoms with Gasteiger partial charge in [-0.1, -0.05) is 115 Å². The third-order valence-electron chi connectivity index (χ3n) is 11.1. The van der Waals surface area contributed by atoms with Crippen LogP contribution in [0.2, 0.25) is 0 Å². The van der Waals surface area contributed by atoms with Gasteiger partial charge in [0.1, 0.15) is 0 Å². The van der Waals surface area contributed by atoms with E-state index in [4.69, 9.17) is 4.99 Å². The van der Waals surface area contributed by atoms with Crippen LogP contribution in [-0.2, 0) is 0 Å². The van der Waals surface area contributed by atoms with Crippen molar-refractivity contribution < 1.29 is 0 Å². The molecule has 1 aliphatic heterocycles. The van der Waals surface area contributed by atoms with Crippen LogP contribution < -0.4 is 0 Å². The number of allylic oxidation sites excluding steroid dienone is 1. The van der Waals surface area contributed by atoms with Crippen molar-refractivity contribution in [3.05, 3.63) is 162 Å². The van der Waals surface area contributed by atoms with E-state index in [0.29, 0.717) is 0 Å². The summed E-state index contributed by atoms with van der Waals surface area (Å²) in [6.07, 6.45) is 4.25. The molecule has 11 aromatic rings. The number of hydrogen-bond donors (Lipinski definition) is 0. The van der Waals surface area contributed by atoms with Gasteiger partial charge in [0, 0.05) is 48.1 Å². The van der Waals surface area contributed by atoms with Gasteiger partial charge in [-0.15, -0.1) is 11.3 Å². The Kier molecular flexibility index (Phi) is 5.49. The van der Waals surface area contributed by atoms with E-state index in [-0.39, 0.29) is 0 Å². The van der Waals surface area contributed by atoms with Crippen LogP contribution in [0.4, 0.5) is 5.69 Å². The van der Waals surface area contributed by atoms with Gasteiger partial charge in [-0.3, -0.25) is 4.99 Å². The maximum absolute atomic E-state index is 5.54. The zero-order chi connectivity index (χ0) is 33.2. The van der Waals surface area contributed by atoms with E-state index in [1.54, 1.807) is 0 Å². The highest BCUT2D eigenvalue weighted by molar-refractivity contribution is 7.20. The monoisotopic (exact) mass is 667 g/mol. The van der Waals surface area contributed by atoms with Gasteiger partial charge >= 0.3 is 0 Å². The van der Waals surface area contributed by atoms with Crippen molar-refractivity contribution in [3.8, 4) is 0 Å². The zero-order valence-electron chi connectivity index (χ0n) is 27.6.